The fraction of sp³-hybridized carbons (Fsp3) is 0.304. The van der Waals surface area contributed by atoms with Crippen molar-refractivity contribution in [3.63, 3.8) is 0 Å². The van der Waals surface area contributed by atoms with Crippen LogP contribution in [0, 0.1) is 0 Å². The van der Waals surface area contributed by atoms with E-state index in [0.717, 1.165) is 18.1 Å². The van der Waals surface area contributed by atoms with E-state index in [-0.39, 0.29) is 11.5 Å². The molecule has 0 saturated carbocycles. The van der Waals surface area contributed by atoms with Crippen LogP contribution < -0.4 is 9.47 Å². The summed E-state index contributed by atoms with van der Waals surface area (Å²) >= 11 is 0. The van der Waals surface area contributed by atoms with E-state index in [1.807, 2.05) is 6.92 Å². The van der Waals surface area contributed by atoms with E-state index in [2.05, 4.69) is 0 Å². The molecule has 2 aromatic carbocycles. The van der Waals surface area contributed by atoms with Crippen molar-refractivity contribution >= 4 is 17.8 Å². The first-order valence-corrected chi connectivity index (χ1v) is 9.54. The molecule has 6 heteroatoms. The van der Waals surface area contributed by atoms with Crippen molar-refractivity contribution < 1.29 is 29.3 Å². The number of Topliss-reactive ketones (excluding diaryl/α,β-unsaturated/α-hetero) is 1. The highest BCUT2D eigenvalue weighted by atomic mass is 16.5. The zero-order chi connectivity index (χ0) is 21.2. The summed E-state index contributed by atoms with van der Waals surface area (Å²) in [6.07, 6.45) is 4.69. The number of carboxylic acids is 1. The number of hydrogen-bond donors (Lipinski definition) is 2. The van der Waals surface area contributed by atoms with Crippen molar-refractivity contribution in [3.05, 3.63) is 59.2 Å². The van der Waals surface area contributed by atoms with E-state index in [1.54, 1.807) is 36.4 Å². The minimum atomic E-state index is -0.989. The molecule has 154 valence electrons. The summed E-state index contributed by atoms with van der Waals surface area (Å²) in [5, 5.41) is 19.0. The first-order chi connectivity index (χ1) is 13.9. The summed E-state index contributed by atoms with van der Waals surface area (Å²) in [7, 11) is 0. The van der Waals surface area contributed by atoms with Crippen molar-refractivity contribution in [2.24, 2.45) is 0 Å². The predicted molar refractivity (Wildman–Crippen MR) is 111 cm³/mol. The van der Waals surface area contributed by atoms with Gasteiger partial charge in [-0.25, -0.2) is 4.79 Å². The molecule has 0 aromatic heterocycles. The van der Waals surface area contributed by atoms with Gasteiger partial charge in [-0.1, -0.05) is 25.5 Å². The first kappa shape index (κ1) is 22.0. The average molecular weight is 398 g/mol. The third kappa shape index (κ3) is 6.68. The molecule has 0 aliphatic heterocycles. The lowest BCUT2D eigenvalue weighted by molar-refractivity contribution is -0.131. The zero-order valence-electron chi connectivity index (χ0n) is 16.7. The minimum Gasteiger partial charge on any atom is -0.507 e. The van der Waals surface area contributed by atoms with Crippen molar-refractivity contribution in [1.29, 1.82) is 0 Å². The number of aliphatic carboxylic acids is 1. The van der Waals surface area contributed by atoms with Gasteiger partial charge in [-0.15, -0.1) is 0 Å². The summed E-state index contributed by atoms with van der Waals surface area (Å²) in [6.45, 7) is 4.29. The number of ether oxygens (including phenoxy) is 2. The first-order valence-electron chi connectivity index (χ1n) is 9.54. The molecule has 29 heavy (non-hydrogen) atoms. The smallest absolute Gasteiger partial charge is 0.328 e. The molecule has 0 bridgehead atoms. The van der Waals surface area contributed by atoms with Gasteiger partial charge < -0.3 is 19.7 Å². The molecule has 0 saturated heterocycles. The number of hydrogen-bond acceptors (Lipinski definition) is 5. The number of ketones is 1. The molecule has 2 N–H and O–H groups in total. The summed E-state index contributed by atoms with van der Waals surface area (Å²) in [5.41, 5.74) is 1.75. The molecule has 0 radical (unpaired) electrons. The minimum absolute atomic E-state index is 0.00476. The Labute approximate surface area is 170 Å². The second-order valence-electron chi connectivity index (χ2n) is 6.54. The Morgan fingerprint density at radius 2 is 1.72 bits per heavy atom. The predicted octanol–water partition coefficient (Wildman–Crippen LogP) is 4.49. The third-order valence-electron chi connectivity index (χ3n) is 4.23. The molecule has 0 fully saturated rings. The number of phenols is 1. The molecule has 0 aliphatic carbocycles. The fourth-order valence-electron chi connectivity index (χ4n) is 2.80. The van der Waals surface area contributed by atoms with Gasteiger partial charge in [-0.3, -0.25) is 4.79 Å². The van der Waals surface area contributed by atoms with E-state index in [4.69, 9.17) is 14.6 Å². The van der Waals surface area contributed by atoms with Crippen LogP contribution in [0.15, 0.2) is 42.5 Å². The van der Waals surface area contributed by atoms with Crippen LogP contribution in [0.2, 0.25) is 0 Å². The van der Waals surface area contributed by atoms with Gasteiger partial charge in [0, 0.05) is 18.1 Å². The van der Waals surface area contributed by atoms with E-state index in [9.17, 15) is 14.7 Å². The fourth-order valence-corrected chi connectivity index (χ4v) is 2.80. The molecule has 0 heterocycles. The maximum atomic E-state index is 11.6. The molecule has 2 rings (SSSR count). The zero-order valence-corrected chi connectivity index (χ0v) is 16.7. The van der Waals surface area contributed by atoms with E-state index >= 15 is 0 Å². The number of phenolic OH excluding ortho intramolecular Hbond substituents is 1. The van der Waals surface area contributed by atoms with Crippen LogP contribution >= 0.6 is 0 Å². The standard InChI is InChI=1S/C23H26O6/c1-3-5-20-21(12-11-19(16(2)24)23(20)27)29-15-4-14-28-18-9-6-17(7-10-18)8-13-22(25)26/h6-13,27H,3-5,14-15H2,1-2H3,(H,25,26). The molecule has 6 nitrogen and oxygen atoms in total. The quantitative estimate of drug-likeness (QED) is 0.329. The van der Waals surface area contributed by atoms with Gasteiger partial charge >= 0.3 is 5.97 Å². The topological polar surface area (TPSA) is 93.1 Å². The summed E-state index contributed by atoms with van der Waals surface area (Å²) < 4.78 is 11.5. The van der Waals surface area contributed by atoms with Gasteiger partial charge in [0.05, 0.1) is 18.8 Å². The Balaban J connectivity index is 1.85. The lowest BCUT2D eigenvalue weighted by atomic mass is 10.0. The second kappa shape index (κ2) is 10.9. The molecular formula is C23H26O6. The number of carbonyl (C=O) groups is 2. The van der Waals surface area contributed by atoms with E-state index in [1.165, 1.54) is 13.0 Å². The second-order valence-corrected chi connectivity index (χ2v) is 6.54. The number of benzene rings is 2. The average Bonchev–Trinajstić information content (AvgIpc) is 2.69. The van der Waals surface area contributed by atoms with Crippen molar-refractivity contribution in [1.82, 2.24) is 0 Å². The molecule has 2 aromatic rings. The van der Waals surface area contributed by atoms with Crippen LogP contribution in [0.4, 0.5) is 0 Å². The molecule has 0 atom stereocenters. The summed E-state index contributed by atoms with van der Waals surface area (Å²) in [5.74, 6) is 0.114. The van der Waals surface area contributed by atoms with Crippen molar-refractivity contribution in [2.45, 2.75) is 33.1 Å². The number of carboxylic acid groups (broad SMARTS) is 1. The lowest BCUT2D eigenvalue weighted by Gasteiger charge is -2.15. The Morgan fingerprint density at radius 1 is 1.03 bits per heavy atom. The molecule has 0 unspecified atom stereocenters. The maximum Gasteiger partial charge on any atom is 0.328 e. The monoisotopic (exact) mass is 398 g/mol. The van der Waals surface area contributed by atoms with Crippen LogP contribution in [0.3, 0.4) is 0 Å². The van der Waals surface area contributed by atoms with Gasteiger partial charge in [0.25, 0.3) is 0 Å². The molecule has 0 amide bonds. The Kier molecular flexibility index (Phi) is 8.27. The number of rotatable bonds is 11. The van der Waals surface area contributed by atoms with Gasteiger partial charge in [-0.2, -0.15) is 0 Å². The van der Waals surface area contributed by atoms with Crippen LogP contribution in [-0.2, 0) is 11.2 Å². The van der Waals surface area contributed by atoms with Crippen LogP contribution in [-0.4, -0.2) is 35.2 Å². The molecule has 0 spiro atoms. The van der Waals surface area contributed by atoms with E-state index < -0.39 is 5.97 Å². The summed E-state index contributed by atoms with van der Waals surface area (Å²) in [4.78, 5) is 22.1. The molecular weight excluding hydrogens is 372 g/mol. The third-order valence-corrected chi connectivity index (χ3v) is 4.23. The summed E-state index contributed by atoms with van der Waals surface area (Å²) in [6, 6.07) is 10.4. The van der Waals surface area contributed by atoms with Crippen LogP contribution in [0.5, 0.6) is 17.2 Å². The van der Waals surface area contributed by atoms with Crippen molar-refractivity contribution in [2.75, 3.05) is 13.2 Å². The molecule has 0 aliphatic rings. The Hall–Kier alpha value is -3.28. The normalized spacial score (nSPS) is 10.8. The van der Waals surface area contributed by atoms with Crippen LogP contribution in [0.25, 0.3) is 6.08 Å². The van der Waals surface area contributed by atoms with Gasteiger partial charge in [0.1, 0.15) is 17.2 Å². The maximum absolute atomic E-state index is 11.6. The van der Waals surface area contributed by atoms with Gasteiger partial charge in [0.15, 0.2) is 5.78 Å². The van der Waals surface area contributed by atoms with Crippen LogP contribution in [0.1, 0.15) is 48.2 Å². The highest BCUT2D eigenvalue weighted by Gasteiger charge is 2.15. The Bertz CT molecular complexity index is 868. The van der Waals surface area contributed by atoms with Crippen molar-refractivity contribution in [3.8, 4) is 17.2 Å². The Morgan fingerprint density at radius 3 is 2.34 bits per heavy atom. The highest BCUT2D eigenvalue weighted by Crippen LogP contribution is 2.33. The van der Waals surface area contributed by atoms with Gasteiger partial charge in [0.2, 0.25) is 0 Å². The highest BCUT2D eigenvalue weighted by molar-refractivity contribution is 5.97. The SMILES string of the molecule is CCCc1c(OCCCOc2ccc(C=CC(=O)O)cc2)ccc(C(C)=O)c1O. The number of aromatic hydroxyl groups is 1. The number of carbonyl (C=O) groups excluding carboxylic acids is 1. The largest absolute Gasteiger partial charge is 0.507 e. The lowest BCUT2D eigenvalue weighted by Crippen LogP contribution is -2.07. The van der Waals surface area contributed by atoms with Gasteiger partial charge in [-0.05, 0) is 49.2 Å². The van der Waals surface area contributed by atoms with E-state index in [0.29, 0.717) is 48.7 Å².